The third-order valence-electron chi connectivity index (χ3n) is 4.01. The molecule has 0 bridgehead atoms. The van der Waals surface area contributed by atoms with Crippen LogP contribution in [0.2, 0.25) is 0 Å². The first-order chi connectivity index (χ1) is 8.74. The number of benzene rings is 1. The topological polar surface area (TPSA) is 42.4 Å². The highest BCUT2D eigenvalue weighted by atomic mass is 35.5. The van der Waals surface area contributed by atoms with Gasteiger partial charge in [0.05, 0.1) is 6.26 Å². The van der Waals surface area contributed by atoms with Crippen molar-refractivity contribution in [1.82, 2.24) is 4.90 Å². The third-order valence-corrected chi connectivity index (χ3v) is 4.01. The van der Waals surface area contributed by atoms with E-state index in [-0.39, 0.29) is 12.4 Å². The Morgan fingerprint density at radius 2 is 2.21 bits per heavy atom. The summed E-state index contributed by atoms with van der Waals surface area (Å²) in [5, 5.41) is 1.24. The second-order valence-electron chi connectivity index (χ2n) is 5.40. The zero-order chi connectivity index (χ0) is 12.5. The molecule has 1 aromatic carbocycles. The molecular formula is C15H21ClN2O. The van der Waals surface area contributed by atoms with Crippen LogP contribution < -0.4 is 5.73 Å². The van der Waals surface area contributed by atoms with E-state index < -0.39 is 0 Å². The molecule has 19 heavy (non-hydrogen) atoms. The molecule has 3 nitrogen and oxygen atoms in total. The molecule has 0 radical (unpaired) electrons. The van der Waals surface area contributed by atoms with E-state index >= 15 is 0 Å². The number of rotatable bonds is 3. The van der Waals surface area contributed by atoms with Crippen LogP contribution in [0.3, 0.4) is 0 Å². The molecule has 4 heteroatoms. The van der Waals surface area contributed by atoms with Crippen LogP contribution in [-0.2, 0) is 6.54 Å². The van der Waals surface area contributed by atoms with E-state index in [1.54, 1.807) is 0 Å². The standard InChI is InChI=1S/C15H20N2O.ClH/c1-11(16)12-6-7-17(8-12)9-13-10-18-15-5-3-2-4-14(13)15;/h2-5,10-12H,6-9,16H2,1H3;1H. The number of hydrogen-bond donors (Lipinski definition) is 1. The van der Waals surface area contributed by atoms with E-state index in [1.165, 1.54) is 17.4 Å². The second kappa shape index (κ2) is 5.95. The summed E-state index contributed by atoms with van der Waals surface area (Å²) >= 11 is 0. The number of furan rings is 1. The Labute approximate surface area is 120 Å². The maximum absolute atomic E-state index is 5.98. The molecule has 2 N–H and O–H groups in total. The molecule has 0 amide bonds. The molecular weight excluding hydrogens is 260 g/mol. The summed E-state index contributed by atoms with van der Waals surface area (Å²) in [6.07, 6.45) is 3.11. The highest BCUT2D eigenvalue weighted by molar-refractivity contribution is 5.85. The average Bonchev–Trinajstić information content (AvgIpc) is 2.98. The Bertz CT molecular complexity index is 538. The molecule has 1 fully saturated rings. The first-order valence-corrected chi connectivity index (χ1v) is 6.67. The summed E-state index contributed by atoms with van der Waals surface area (Å²) in [6.45, 7) is 5.34. The highest BCUT2D eigenvalue weighted by Gasteiger charge is 2.25. The summed E-state index contributed by atoms with van der Waals surface area (Å²) in [7, 11) is 0. The zero-order valence-corrected chi connectivity index (χ0v) is 12.0. The molecule has 0 saturated carbocycles. The molecule has 2 aromatic rings. The van der Waals surface area contributed by atoms with Gasteiger partial charge in [0.1, 0.15) is 5.58 Å². The molecule has 0 spiro atoms. The van der Waals surface area contributed by atoms with Crippen LogP contribution in [-0.4, -0.2) is 24.0 Å². The smallest absolute Gasteiger partial charge is 0.134 e. The molecule has 2 unspecified atom stereocenters. The van der Waals surface area contributed by atoms with Gasteiger partial charge >= 0.3 is 0 Å². The number of halogens is 1. The monoisotopic (exact) mass is 280 g/mol. The number of likely N-dealkylation sites (tertiary alicyclic amines) is 1. The van der Waals surface area contributed by atoms with Gasteiger partial charge in [0.15, 0.2) is 0 Å². The van der Waals surface area contributed by atoms with E-state index in [0.29, 0.717) is 12.0 Å². The molecule has 104 valence electrons. The van der Waals surface area contributed by atoms with Crippen LogP contribution in [0.15, 0.2) is 34.9 Å². The van der Waals surface area contributed by atoms with Crippen molar-refractivity contribution in [2.45, 2.75) is 25.9 Å². The van der Waals surface area contributed by atoms with Crippen LogP contribution in [0.4, 0.5) is 0 Å². The fourth-order valence-electron chi connectivity index (χ4n) is 2.83. The SMILES string of the molecule is CC(N)C1CCN(Cc2coc3ccccc23)C1.Cl. The van der Waals surface area contributed by atoms with Crippen molar-refractivity contribution in [2.75, 3.05) is 13.1 Å². The van der Waals surface area contributed by atoms with Crippen molar-refractivity contribution in [3.63, 3.8) is 0 Å². The van der Waals surface area contributed by atoms with Gasteiger partial charge in [-0.3, -0.25) is 4.90 Å². The van der Waals surface area contributed by atoms with Crippen molar-refractivity contribution < 1.29 is 4.42 Å². The average molecular weight is 281 g/mol. The van der Waals surface area contributed by atoms with Gasteiger partial charge in [-0.05, 0) is 31.9 Å². The van der Waals surface area contributed by atoms with Gasteiger partial charge in [-0.2, -0.15) is 0 Å². The summed E-state index contributed by atoms with van der Waals surface area (Å²) < 4.78 is 5.58. The van der Waals surface area contributed by atoms with Crippen molar-refractivity contribution in [2.24, 2.45) is 11.7 Å². The Morgan fingerprint density at radius 1 is 1.42 bits per heavy atom. The van der Waals surface area contributed by atoms with Gasteiger partial charge in [0.2, 0.25) is 0 Å². The molecule has 1 saturated heterocycles. The zero-order valence-electron chi connectivity index (χ0n) is 11.2. The number of fused-ring (bicyclic) bond motifs is 1. The predicted octanol–water partition coefficient (Wildman–Crippen LogP) is 3.02. The van der Waals surface area contributed by atoms with E-state index in [2.05, 4.69) is 24.0 Å². The largest absolute Gasteiger partial charge is 0.464 e. The fraction of sp³-hybridized carbons (Fsp3) is 0.467. The van der Waals surface area contributed by atoms with Crippen LogP contribution >= 0.6 is 12.4 Å². The first-order valence-electron chi connectivity index (χ1n) is 6.67. The van der Waals surface area contributed by atoms with Gasteiger partial charge in [-0.15, -0.1) is 12.4 Å². The summed E-state index contributed by atoms with van der Waals surface area (Å²) in [5.74, 6) is 0.642. The highest BCUT2D eigenvalue weighted by Crippen LogP contribution is 2.25. The lowest BCUT2D eigenvalue weighted by Gasteiger charge is -2.17. The van der Waals surface area contributed by atoms with Gasteiger partial charge < -0.3 is 10.2 Å². The summed E-state index contributed by atoms with van der Waals surface area (Å²) in [5.41, 5.74) is 8.25. The molecule has 2 atom stereocenters. The molecule has 1 aromatic heterocycles. The molecule has 1 aliphatic heterocycles. The number of nitrogens with zero attached hydrogens (tertiary/aromatic N) is 1. The van der Waals surface area contributed by atoms with Crippen LogP contribution in [0, 0.1) is 5.92 Å². The normalized spacial score (nSPS) is 21.5. The Kier molecular flexibility index (Phi) is 4.50. The Morgan fingerprint density at radius 3 is 2.95 bits per heavy atom. The van der Waals surface area contributed by atoms with E-state index in [9.17, 15) is 0 Å². The van der Waals surface area contributed by atoms with Gasteiger partial charge in [0, 0.05) is 30.1 Å². The van der Waals surface area contributed by atoms with Crippen molar-refractivity contribution in [3.05, 3.63) is 36.1 Å². The summed E-state index contributed by atoms with van der Waals surface area (Å²) in [6, 6.07) is 8.53. The molecule has 0 aliphatic carbocycles. The van der Waals surface area contributed by atoms with E-state index in [1.807, 2.05) is 18.4 Å². The minimum absolute atomic E-state index is 0. The lowest BCUT2D eigenvalue weighted by Crippen LogP contribution is -2.29. The minimum Gasteiger partial charge on any atom is -0.464 e. The first kappa shape index (κ1) is 14.4. The van der Waals surface area contributed by atoms with Crippen LogP contribution in [0.1, 0.15) is 18.9 Å². The lowest BCUT2D eigenvalue weighted by molar-refractivity contribution is 0.308. The number of para-hydroxylation sites is 1. The number of nitrogens with two attached hydrogens (primary N) is 1. The van der Waals surface area contributed by atoms with Gasteiger partial charge in [-0.1, -0.05) is 18.2 Å². The molecule has 1 aliphatic rings. The lowest BCUT2D eigenvalue weighted by atomic mass is 10.0. The maximum Gasteiger partial charge on any atom is 0.134 e. The molecule has 2 heterocycles. The summed E-state index contributed by atoms with van der Waals surface area (Å²) in [4.78, 5) is 2.48. The van der Waals surface area contributed by atoms with Crippen molar-refractivity contribution >= 4 is 23.4 Å². The van der Waals surface area contributed by atoms with Crippen LogP contribution in [0.5, 0.6) is 0 Å². The Hall–Kier alpha value is -1.03. The number of hydrogen-bond acceptors (Lipinski definition) is 3. The van der Waals surface area contributed by atoms with E-state index in [4.69, 9.17) is 10.2 Å². The second-order valence-corrected chi connectivity index (χ2v) is 5.40. The molecule has 3 rings (SSSR count). The fourth-order valence-corrected chi connectivity index (χ4v) is 2.83. The Balaban J connectivity index is 0.00000133. The minimum atomic E-state index is 0. The van der Waals surface area contributed by atoms with E-state index in [0.717, 1.165) is 25.2 Å². The van der Waals surface area contributed by atoms with Crippen molar-refractivity contribution in [3.8, 4) is 0 Å². The third kappa shape index (κ3) is 2.94. The van der Waals surface area contributed by atoms with Crippen LogP contribution in [0.25, 0.3) is 11.0 Å². The maximum atomic E-state index is 5.98. The quantitative estimate of drug-likeness (QED) is 0.940. The van der Waals surface area contributed by atoms with Gasteiger partial charge in [0.25, 0.3) is 0 Å². The van der Waals surface area contributed by atoms with Gasteiger partial charge in [-0.25, -0.2) is 0 Å². The predicted molar refractivity (Wildman–Crippen MR) is 80.5 cm³/mol. The van der Waals surface area contributed by atoms with Crippen molar-refractivity contribution in [1.29, 1.82) is 0 Å².